The Morgan fingerprint density at radius 3 is 2.70 bits per heavy atom. The maximum atomic E-state index is 13.5. The lowest BCUT2D eigenvalue weighted by molar-refractivity contribution is -0.123. The molecule has 2 aromatic carbocycles. The number of nitrogens with one attached hydrogen (secondary N) is 2. The number of carbonyl (C=O) groups excluding carboxylic acids is 2. The number of hydrogen-bond donors (Lipinski definition) is 2. The fourth-order valence-electron chi connectivity index (χ4n) is 4.05. The van der Waals surface area contributed by atoms with Crippen molar-refractivity contribution in [2.45, 2.75) is 44.6 Å². The quantitative estimate of drug-likeness (QED) is 0.678. The highest BCUT2D eigenvalue weighted by Crippen LogP contribution is 2.36. The maximum absolute atomic E-state index is 13.5. The largest absolute Gasteiger partial charge is 0.479 e. The summed E-state index contributed by atoms with van der Waals surface area (Å²) >= 11 is 6.14. The zero-order valence-corrected chi connectivity index (χ0v) is 20.2. The number of amides is 2. The number of piperidine rings is 1. The van der Waals surface area contributed by atoms with E-state index < -0.39 is 22.0 Å². The lowest BCUT2D eigenvalue weighted by Gasteiger charge is -2.32. The van der Waals surface area contributed by atoms with Gasteiger partial charge in [0.2, 0.25) is 15.9 Å². The number of rotatable bonds is 4. The minimum Gasteiger partial charge on any atom is -0.479 e. The van der Waals surface area contributed by atoms with Crippen molar-refractivity contribution >= 4 is 44.8 Å². The standard InChI is InChI=1S/C23H26ClN3O5S/c1-13-6-7-17(10-18(13)24)25-23(29)16-5-4-8-27(12-16)33(30,31)21-11-20-19(9-14(21)2)26-22(28)15(3)32-20/h6-7,9-11,15-16H,4-5,8,12H2,1-3H3,(H,25,29)(H,26,28). The van der Waals surface area contributed by atoms with Gasteiger partial charge >= 0.3 is 0 Å². The van der Waals surface area contributed by atoms with Crippen LogP contribution < -0.4 is 15.4 Å². The Labute approximate surface area is 198 Å². The van der Waals surface area contributed by atoms with Crippen LogP contribution in [0.1, 0.15) is 30.9 Å². The number of ether oxygens (including phenoxy) is 1. The highest BCUT2D eigenvalue weighted by molar-refractivity contribution is 7.89. The van der Waals surface area contributed by atoms with Crippen LogP contribution >= 0.6 is 11.6 Å². The van der Waals surface area contributed by atoms with Crippen molar-refractivity contribution in [2.24, 2.45) is 5.92 Å². The van der Waals surface area contributed by atoms with Crippen molar-refractivity contribution in [3.63, 3.8) is 0 Å². The first-order chi connectivity index (χ1) is 15.6. The molecule has 2 unspecified atom stereocenters. The van der Waals surface area contributed by atoms with E-state index in [1.165, 1.54) is 10.4 Å². The van der Waals surface area contributed by atoms with Crippen molar-refractivity contribution in [1.29, 1.82) is 0 Å². The molecule has 0 radical (unpaired) electrons. The number of benzene rings is 2. The van der Waals surface area contributed by atoms with Crippen LogP contribution in [-0.4, -0.2) is 43.7 Å². The van der Waals surface area contributed by atoms with Gasteiger partial charge in [-0.1, -0.05) is 17.7 Å². The van der Waals surface area contributed by atoms with Crippen molar-refractivity contribution < 1.29 is 22.7 Å². The van der Waals surface area contributed by atoms with E-state index in [2.05, 4.69) is 10.6 Å². The Hall–Kier alpha value is -2.62. The lowest BCUT2D eigenvalue weighted by Crippen LogP contribution is -2.44. The molecule has 0 aliphatic carbocycles. The van der Waals surface area contributed by atoms with Gasteiger partial charge in [0.05, 0.1) is 16.5 Å². The summed E-state index contributed by atoms with van der Waals surface area (Å²) in [5, 5.41) is 6.13. The molecule has 2 amide bonds. The Morgan fingerprint density at radius 1 is 1.21 bits per heavy atom. The van der Waals surface area contributed by atoms with Crippen molar-refractivity contribution in [1.82, 2.24) is 4.31 Å². The summed E-state index contributed by atoms with van der Waals surface area (Å²) in [5.41, 5.74) is 2.42. The summed E-state index contributed by atoms with van der Waals surface area (Å²) in [6.07, 6.45) is 0.446. The number of halogens is 1. The monoisotopic (exact) mass is 491 g/mol. The van der Waals surface area contributed by atoms with Crippen LogP contribution in [0, 0.1) is 19.8 Å². The molecule has 10 heteroatoms. The van der Waals surface area contributed by atoms with Crippen LogP contribution in [0.4, 0.5) is 11.4 Å². The molecule has 4 rings (SSSR count). The van der Waals surface area contributed by atoms with Crippen LogP contribution in [0.3, 0.4) is 0 Å². The predicted molar refractivity (Wildman–Crippen MR) is 126 cm³/mol. The number of nitrogens with zero attached hydrogens (tertiary/aromatic N) is 1. The van der Waals surface area contributed by atoms with Gasteiger partial charge in [-0.05, 0) is 62.9 Å². The van der Waals surface area contributed by atoms with Gasteiger partial charge in [-0.3, -0.25) is 9.59 Å². The zero-order chi connectivity index (χ0) is 23.9. The molecule has 8 nitrogen and oxygen atoms in total. The number of sulfonamides is 1. The molecule has 2 N–H and O–H groups in total. The second-order valence-electron chi connectivity index (χ2n) is 8.52. The number of carbonyl (C=O) groups is 2. The summed E-state index contributed by atoms with van der Waals surface area (Å²) in [6.45, 7) is 5.55. The first kappa shape index (κ1) is 23.5. The third kappa shape index (κ3) is 4.71. The maximum Gasteiger partial charge on any atom is 0.265 e. The number of anilines is 2. The van der Waals surface area contributed by atoms with Gasteiger partial charge in [0.25, 0.3) is 5.91 Å². The van der Waals surface area contributed by atoms with Crippen LogP contribution in [0.15, 0.2) is 35.2 Å². The Morgan fingerprint density at radius 2 is 1.97 bits per heavy atom. The van der Waals surface area contributed by atoms with Crippen LogP contribution in [-0.2, 0) is 19.6 Å². The van der Waals surface area contributed by atoms with Crippen LogP contribution in [0.2, 0.25) is 5.02 Å². The van der Waals surface area contributed by atoms with E-state index in [9.17, 15) is 18.0 Å². The van der Waals surface area contributed by atoms with E-state index in [1.54, 1.807) is 32.0 Å². The van der Waals surface area contributed by atoms with Gasteiger partial charge in [-0.25, -0.2) is 8.42 Å². The minimum atomic E-state index is -3.87. The van der Waals surface area contributed by atoms with Gasteiger partial charge in [-0.2, -0.15) is 4.31 Å². The predicted octanol–water partition coefficient (Wildman–Crippen LogP) is 3.72. The van der Waals surface area contributed by atoms with Gasteiger partial charge in [0.1, 0.15) is 5.75 Å². The van der Waals surface area contributed by atoms with E-state index in [1.807, 2.05) is 13.0 Å². The molecule has 0 spiro atoms. The SMILES string of the molecule is Cc1ccc(NC(=O)C2CCCN(S(=O)(=O)c3cc4c(cc3C)NC(=O)C(C)O4)C2)cc1Cl. The van der Waals surface area contributed by atoms with Crippen LogP contribution in [0.5, 0.6) is 5.75 Å². The van der Waals surface area contributed by atoms with Crippen molar-refractivity contribution in [3.05, 3.63) is 46.5 Å². The molecule has 176 valence electrons. The molecule has 2 atom stereocenters. The molecule has 0 aromatic heterocycles. The third-order valence-corrected chi connectivity index (χ3v) is 8.43. The first-order valence-corrected chi connectivity index (χ1v) is 12.6. The van der Waals surface area contributed by atoms with E-state index in [4.69, 9.17) is 16.3 Å². The summed E-state index contributed by atoms with van der Waals surface area (Å²) in [4.78, 5) is 24.8. The van der Waals surface area contributed by atoms with Gasteiger partial charge in [0.15, 0.2) is 6.10 Å². The number of hydrogen-bond acceptors (Lipinski definition) is 5. The van der Waals surface area contributed by atoms with Crippen LogP contribution in [0.25, 0.3) is 0 Å². The average Bonchev–Trinajstić information content (AvgIpc) is 2.77. The zero-order valence-electron chi connectivity index (χ0n) is 18.6. The molecule has 1 fully saturated rings. The second kappa shape index (κ2) is 8.96. The fraction of sp³-hybridized carbons (Fsp3) is 0.391. The second-order valence-corrected chi connectivity index (χ2v) is 10.8. The number of fused-ring (bicyclic) bond motifs is 1. The smallest absolute Gasteiger partial charge is 0.265 e. The molecule has 2 heterocycles. The van der Waals surface area contributed by atoms with E-state index >= 15 is 0 Å². The normalized spacial score (nSPS) is 21.0. The number of aryl methyl sites for hydroxylation is 2. The Bertz CT molecular complexity index is 1230. The molecular weight excluding hydrogens is 466 g/mol. The van der Waals surface area contributed by atoms with E-state index in [-0.39, 0.29) is 23.3 Å². The van der Waals surface area contributed by atoms with Gasteiger partial charge in [0, 0.05) is 29.9 Å². The summed E-state index contributed by atoms with van der Waals surface area (Å²) in [6, 6.07) is 8.32. The summed E-state index contributed by atoms with van der Waals surface area (Å²) in [7, 11) is -3.87. The highest BCUT2D eigenvalue weighted by atomic mass is 35.5. The summed E-state index contributed by atoms with van der Waals surface area (Å²) < 4.78 is 33.9. The lowest BCUT2D eigenvalue weighted by atomic mass is 9.98. The Balaban J connectivity index is 1.54. The highest BCUT2D eigenvalue weighted by Gasteiger charge is 2.35. The van der Waals surface area contributed by atoms with E-state index in [0.717, 1.165) is 5.56 Å². The third-order valence-electron chi connectivity index (χ3n) is 6.02. The first-order valence-electron chi connectivity index (χ1n) is 10.8. The average molecular weight is 492 g/mol. The fourth-order valence-corrected chi connectivity index (χ4v) is 5.98. The van der Waals surface area contributed by atoms with Crippen molar-refractivity contribution in [2.75, 3.05) is 23.7 Å². The van der Waals surface area contributed by atoms with Gasteiger partial charge < -0.3 is 15.4 Å². The molecule has 2 aliphatic rings. The molecule has 1 saturated heterocycles. The molecular formula is C23H26ClN3O5S. The molecule has 2 aliphatic heterocycles. The van der Waals surface area contributed by atoms with E-state index in [0.29, 0.717) is 47.1 Å². The van der Waals surface area contributed by atoms with Gasteiger partial charge in [-0.15, -0.1) is 0 Å². The topological polar surface area (TPSA) is 105 Å². The van der Waals surface area contributed by atoms with Crippen molar-refractivity contribution in [3.8, 4) is 5.75 Å². The Kier molecular flexibility index (Phi) is 6.39. The summed E-state index contributed by atoms with van der Waals surface area (Å²) in [5.74, 6) is -0.690. The molecule has 0 saturated carbocycles. The molecule has 2 aromatic rings. The molecule has 0 bridgehead atoms. The minimum absolute atomic E-state index is 0.0816. The molecule has 33 heavy (non-hydrogen) atoms.